The first-order valence-electron chi connectivity index (χ1n) is 9.76. The minimum absolute atomic E-state index is 0.155. The topological polar surface area (TPSA) is 116 Å². The third-order valence-electron chi connectivity index (χ3n) is 5.25. The first kappa shape index (κ1) is 19.8. The van der Waals surface area contributed by atoms with Gasteiger partial charge in [0.25, 0.3) is 11.5 Å². The van der Waals surface area contributed by atoms with Crippen LogP contribution >= 0.6 is 0 Å². The van der Waals surface area contributed by atoms with Gasteiger partial charge < -0.3 is 15.8 Å². The van der Waals surface area contributed by atoms with E-state index in [1.165, 1.54) is 4.57 Å². The molecular formula is C22H22N4O4. The highest BCUT2D eigenvalue weighted by Crippen LogP contribution is 2.19. The number of ether oxygens (including phenoxy) is 1. The van der Waals surface area contributed by atoms with E-state index in [0.29, 0.717) is 47.4 Å². The van der Waals surface area contributed by atoms with Crippen molar-refractivity contribution in [2.75, 3.05) is 6.54 Å². The van der Waals surface area contributed by atoms with Gasteiger partial charge in [-0.05, 0) is 56.2 Å². The lowest BCUT2D eigenvalue weighted by Gasteiger charge is -2.13. The SMILES string of the molecule is Cc1nc2ccccc2c(=O)n1-c1ccc(C(=O)NC[C@H]2CC[C@@H](C(N)=O)O2)cc1. The number of nitrogens with two attached hydrogens (primary N) is 1. The van der Waals surface area contributed by atoms with Crippen LogP contribution in [0.4, 0.5) is 0 Å². The van der Waals surface area contributed by atoms with Crippen molar-refractivity contribution in [3.8, 4) is 5.69 Å². The molecule has 1 saturated heterocycles. The van der Waals surface area contributed by atoms with Gasteiger partial charge in [0.1, 0.15) is 11.9 Å². The van der Waals surface area contributed by atoms with Crippen LogP contribution in [0.15, 0.2) is 53.3 Å². The van der Waals surface area contributed by atoms with Crippen LogP contribution in [0.2, 0.25) is 0 Å². The lowest BCUT2D eigenvalue weighted by Crippen LogP contribution is -2.34. The second-order valence-electron chi connectivity index (χ2n) is 7.30. The molecule has 0 spiro atoms. The Bertz CT molecular complexity index is 1170. The van der Waals surface area contributed by atoms with Crippen LogP contribution < -0.4 is 16.6 Å². The highest BCUT2D eigenvalue weighted by molar-refractivity contribution is 5.94. The number of nitrogens with zero attached hydrogens (tertiary/aromatic N) is 2. The van der Waals surface area contributed by atoms with Crippen molar-refractivity contribution in [1.82, 2.24) is 14.9 Å². The number of para-hydroxylation sites is 1. The van der Waals surface area contributed by atoms with E-state index in [1.54, 1.807) is 49.4 Å². The molecule has 2 heterocycles. The summed E-state index contributed by atoms with van der Waals surface area (Å²) in [6, 6.07) is 14.0. The summed E-state index contributed by atoms with van der Waals surface area (Å²) in [6.07, 6.45) is 0.432. The summed E-state index contributed by atoms with van der Waals surface area (Å²) >= 11 is 0. The molecule has 1 aliphatic rings. The molecule has 0 radical (unpaired) electrons. The highest BCUT2D eigenvalue weighted by Gasteiger charge is 2.29. The Morgan fingerprint density at radius 1 is 1.17 bits per heavy atom. The molecule has 2 aromatic carbocycles. The molecule has 154 valence electrons. The second kappa shape index (κ2) is 8.08. The van der Waals surface area contributed by atoms with Crippen LogP contribution in [-0.2, 0) is 9.53 Å². The van der Waals surface area contributed by atoms with Crippen LogP contribution in [0.25, 0.3) is 16.6 Å². The third kappa shape index (κ3) is 3.81. The van der Waals surface area contributed by atoms with Gasteiger partial charge in [0, 0.05) is 12.1 Å². The zero-order valence-corrected chi connectivity index (χ0v) is 16.5. The molecule has 0 saturated carbocycles. The van der Waals surface area contributed by atoms with E-state index in [-0.39, 0.29) is 17.6 Å². The Hall–Kier alpha value is -3.52. The molecule has 30 heavy (non-hydrogen) atoms. The number of amides is 2. The van der Waals surface area contributed by atoms with Gasteiger partial charge in [0.2, 0.25) is 5.91 Å². The summed E-state index contributed by atoms with van der Waals surface area (Å²) in [6.45, 7) is 2.08. The Morgan fingerprint density at radius 2 is 1.90 bits per heavy atom. The fraction of sp³-hybridized carbons (Fsp3) is 0.273. The first-order chi connectivity index (χ1) is 14.4. The van der Waals surface area contributed by atoms with E-state index in [1.807, 2.05) is 6.07 Å². The number of nitrogens with one attached hydrogen (secondary N) is 1. The van der Waals surface area contributed by atoms with Crippen molar-refractivity contribution in [1.29, 1.82) is 0 Å². The largest absolute Gasteiger partial charge is 0.367 e. The van der Waals surface area contributed by atoms with Gasteiger partial charge in [0.15, 0.2) is 0 Å². The summed E-state index contributed by atoms with van der Waals surface area (Å²) in [5.41, 5.74) is 6.83. The van der Waals surface area contributed by atoms with Crippen LogP contribution in [0, 0.1) is 6.92 Å². The van der Waals surface area contributed by atoms with Crippen LogP contribution in [0.5, 0.6) is 0 Å². The van der Waals surface area contributed by atoms with E-state index < -0.39 is 12.0 Å². The molecule has 8 nitrogen and oxygen atoms in total. The van der Waals surface area contributed by atoms with Gasteiger partial charge in [-0.3, -0.25) is 19.0 Å². The number of aromatic nitrogens is 2. The number of hydrogen-bond donors (Lipinski definition) is 2. The van der Waals surface area contributed by atoms with E-state index in [9.17, 15) is 14.4 Å². The van der Waals surface area contributed by atoms with Crippen molar-refractivity contribution < 1.29 is 14.3 Å². The van der Waals surface area contributed by atoms with Crippen molar-refractivity contribution in [2.24, 2.45) is 5.73 Å². The molecule has 0 bridgehead atoms. The van der Waals surface area contributed by atoms with E-state index in [4.69, 9.17) is 10.5 Å². The van der Waals surface area contributed by atoms with Gasteiger partial charge in [-0.1, -0.05) is 12.1 Å². The van der Waals surface area contributed by atoms with E-state index in [0.717, 1.165) is 0 Å². The van der Waals surface area contributed by atoms with Crippen molar-refractivity contribution in [3.05, 3.63) is 70.3 Å². The van der Waals surface area contributed by atoms with Gasteiger partial charge in [-0.25, -0.2) is 4.98 Å². The molecule has 1 aliphatic heterocycles. The Balaban J connectivity index is 1.48. The summed E-state index contributed by atoms with van der Waals surface area (Å²) in [5.74, 6) is -0.167. The van der Waals surface area contributed by atoms with Crippen molar-refractivity contribution >= 4 is 22.7 Å². The standard InChI is InChI=1S/C22H22N4O4/c1-13-25-18-5-3-2-4-17(18)22(29)26(13)15-8-6-14(7-9-15)21(28)24-12-16-10-11-19(30-16)20(23)27/h2-9,16,19H,10-12H2,1H3,(H2,23,27)(H,24,28)/t16-,19+/m1/s1. The monoisotopic (exact) mass is 406 g/mol. The predicted octanol–water partition coefficient (Wildman–Crippen LogP) is 1.46. The van der Waals surface area contributed by atoms with Crippen LogP contribution in [-0.4, -0.2) is 40.1 Å². The number of aryl methyl sites for hydroxylation is 1. The number of hydrogen-bond acceptors (Lipinski definition) is 5. The minimum Gasteiger partial charge on any atom is -0.367 e. The van der Waals surface area contributed by atoms with Crippen molar-refractivity contribution in [2.45, 2.75) is 32.0 Å². The van der Waals surface area contributed by atoms with Gasteiger partial charge >= 0.3 is 0 Å². The molecule has 1 aromatic heterocycles. The Kier molecular flexibility index (Phi) is 5.33. The minimum atomic E-state index is -0.580. The third-order valence-corrected chi connectivity index (χ3v) is 5.25. The number of rotatable bonds is 5. The average Bonchev–Trinajstić information content (AvgIpc) is 3.22. The zero-order valence-electron chi connectivity index (χ0n) is 16.5. The molecule has 2 atom stereocenters. The molecule has 3 N–H and O–H groups in total. The molecule has 2 amide bonds. The fourth-order valence-corrected chi connectivity index (χ4v) is 3.68. The Labute approximate surface area is 172 Å². The fourth-order valence-electron chi connectivity index (χ4n) is 3.68. The molecule has 0 aliphatic carbocycles. The number of benzene rings is 2. The van der Waals surface area contributed by atoms with Crippen LogP contribution in [0.3, 0.4) is 0 Å². The van der Waals surface area contributed by atoms with Gasteiger partial charge in [-0.15, -0.1) is 0 Å². The lowest BCUT2D eigenvalue weighted by atomic mass is 10.1. The highest BCUT2D eigenvalue weighted by atomic mass is 16.5. The number of carbonyl (C=O) groups excluding carboxylic acids is 2. The number of fused-ring (bicyclic) bond motifs is 1. The van der Waals surface area contributed by atoms with Crippen LogP contribution in [0.1, 0.15) is 29.0 Å². The smallest absolute Gasteiger partial charge is 0.265 e. The molecule has 0 unspecified atom stereocenters. The molecule has 3 aromatic rings. The molecule has 4 rings (SSSR count). The summed E-state index contributed by atoms with van der Waals surface area (Å²) in [5, 5.41) is 3.35. The maximum Gasteiger partial charge on any atom is 0.265 e. The average molecular weight is 406 g/mol. The molecular weight excluding hydrogens is 384 g/mol. The summed E-state index contributed by atoms with van der Waals surface area (Å²) < 4.78 is 7.04. The molecule has 1 fully saturated rings. The number of carbonyl (C=O) groups is 2. The normalized spacial score (nSPS) is 18.4. The quantitative estimate of drug-likeness (QED) is 0.665. The maximum absolute atomic E-state index is 12.9. The van der Waals surface area contributed by atoms with E-state index in [2.05, 4.69) is 10.3 Å². The predicted molar refractivity (Wildman–Crippen MR) is 111 cm³/mol. The van der Waals surface area contributed by atoms with Crippen molar-refractivity contribution in [3.63, 3.8) is 0 Å². The first-order valence-corrected chi connectivity index (χ1v) is 9.76. The maximum atomic E-state index is 12.9. The number of primary amides is 1. The molecule has 8 heteroatoms. The lowest BCUT2D eigenvalue weighted by molar-refractivity contribution is -0.128. The van der Waals surface area contributed by atoms with Gasteiger partial charge in [0.05, 0.1) is 22.7 Å². The zero-order chi connectivity index (χ0) is 21.3. The van der Waals surface area contributed by atoms with E-state index >= 15 is 0 Å². The van der Waals surface area contributed by atoms with Gasteiger partial charge in [-0.2, -0.15) is 0 Å². The summed E-state index contributed by atoms with van der Waals surface area (Å²) in [7, 11) is 0. The second-order valence-corrected chi connectivity index (χ2v) is 7.30. The summed E-state index contributed by atoms with van der Waals surface area (Å²) in [4.78, 5) is 41.0. The Morgan fingerprint density at radius 3 is 2.60 bits per heavy atom.